The standard InChI is InChI=1S/C26H29N5O2/c1-3-21(32-2)15-27-14-19-12-20(19)17-33-26-25(13-24-23(30-26)7-5-10-29-24)31-11-8-22-18(16-31)6-4-9-28-22/h3-7,9-10,13,15,19-20H,8,11-12,14,16-17H2,1-2H3. The molecule has 2 unspecified atom stereocenters. The summed E-state index contributed by atoms with van der Waals surface area (Å²) in [7, 11) is 1.66. The predicted octanol–water partition coefficient (Wildman–Crippen LogP) is 4.22. The van der Waals surface area contributed by atoms with Crippen molar-refractivity contribution >= 4 is 22.9 Å². The monoisotopic (exact) mass is 443 g/mol. The average Bonchev–Trinajstić information content (AvgIpc) is 3.62. The fraction of sp³-hybridized carbons (Fsp3) is 0.385. The summed E-state index contributed by atoms with van der Waals surface area (Å²) in [5.74, 6) is 2.53. The van der Waals surface area contributed by atoms with Crippen LogP contribution in [0.1, 0.15) is 24.6 Å². The minimum absolute atomic E-state index is 0.504. The molecule has 0 aromatic carbocycles. The molecule has 0 saturated heterocycles. The molecule has 3 aromatic heterocycles. The van der Waals surface area contributed by atoms with Crippen LogP contribution in [0.4, 0.5) is 5.69 Å². The van der Waals surface area contributed by atoms with Crippen molar-refractivity contribution in [2.45, 2.75) is 26.3 Å². The summed E-state index contributed by atoms with van der Waals surface area (Å²) >= 11 is 0. The van der Waals surface area contributed by atoms with Crippen molar-refractivity contribution in [3.63, 3.8) is 0 Å². The first kappa shape index (κ1) is 21.4. The molecule has 170 valence electrons. The third-order valence-corrected chi connectivity index (χ3v) is 6.42. The lowest BCUT2D eigenvalue weighted by molar-refractivity contribution is 0.282. The first-order valence-corrected chi connectivity index (χ1v) is 11.5. The van der Waals surface area contributed by atoms with Gasteiger partial charge in [-0.05, 0) is 61.1 Å². The highest BCUT2D eigenvalue weighted by Gasteiger charge is 2.37. The zero-order valence-corrected chi connectivity index (χ0v) is 19.1. The summed E-state index contributed by atoms with van der Waals surface area (Å²) < 4.78 is 11.6. The molecule has 1 fully saturated rings. The van der Waals surface area contributed by atoms with Crippen molar-refractivity contribution < 1.29 is 9.47 Å². The van der Waals surface area contributed by atoms with E-state index in [9.17, 15) is 0 Å². The second kappa shape index (κ2) is 9.57. The molecule has 1 saturated carbocycles. The van der Waals surface area contributed by atoms with Gasteiger partial charge in [-0.2, -0.15) is 0 Å². The molecular weight excluding hydrogens is 414 g/mol. The predicted molar refractivity (Wildman–Crippen MR) is 130 cm³/mol. The minimum Gasteiger partial charge on any atom is -0.496 e. The van der Waals surface area contributed by atoms with E-state index < -0.39 is 0 Å². The number of methoxy groups -OCH3 is 1. The highest BCUT2D eigenvalue weighted by atomic mass is 16.5. The molecule has 2 aliphatic rings. The summed E-state index contributed by atoms with van der Waals surface area (Å²) in [6, 6.07) is 10.2. The molecular formula is C26H29N5O2. The van der Waals surface area contributed by atoms with Crippen LogP contribution in [0.5, 0.6) is 5.88 Å². The number of nitrogens with zero attached hydrogens (tertiary/aromatic N) is 5. The third-order valence-electron chi connectivity index (χ3n) is 6.42. The van der Waals surface area contributed by atoms with Gasteiger partial charge in [-0.1, -0.05) is 6.07 Å². The number of allylic oxidation sites excluding steroid dienone is 2. The van der Waals surface area contributed by atoms with Crippen molar-refractivity contribution in [3.8, 4) is 5.88 Å². The maximum absolute atomic E-state index is 6.33. The van der Waals surface area contributed by atoms with E-state index in [1.165, 1.54) is 11.3 Å². The van der Waals surface area contributed by atoms with Gasteiger partial charge in [0.2, 0.25) is 5.88 Å². The Bertz CT molecular complexity index is 1190. The molecule has 1 aliphatic carbocycles. The number of hydrogen-bond donors (Lipinski definition) is 0. The highest BCUT2D eigenvalue weighted by molar-refractivity contribution is 5.80. The number of pyridine rings is 3. The number of fused-ring (bicyclic) bond motifs is 2. The number of hydrogen-bond acceptors (Lipinski definition) is 7. The van der Waals surface area contributed by atoms with Gasteiger partial charge >= 0.3 is 0 Å². The normalized spacial score (nSPS) is 20.2. The lowest BCUT2D eigenvalue weighted by atomic mass is 10.1. The van der Waals surface area contributed by atoms with Gasteiger partial charge in [0.15, 0.2) is 0 Å². The van der Waals surface area contributed by atoms with E-state index in [4.69, 9.17) is 14.5 Å². The van der Waals surface area contributed by atoms with Gasteiger partial charge in [0, 0.05) is 44.1 Å². The van der Waals surface area contributed by atoms with Crippen molar-refractivity contribution in [1.29, 1.82) is 0 Å². The maximum atomic E-state index is 6.33. The van der Waals surface area contributed by atoms with E-state index in [0.717, 1.165) is 55.0 Å². The largest absolute Gasteiger partial charge is 0.496 e. The molecule has 0 spiro atoms. The number of aliphatic imine (C=N–C) groups is 1. The third kappa shape index (κ3) is 4.82. The quantitative estimate of drug-likeness (QED) is 0.383. The topological polar surface area (TPSA) is 72.7 Å². The molecule has 0 N–H and O–H groups in total. The Kier molecular flexibility index (Phi) is 6.19. The summed E-state index contributed by atoms with van der Waals surface area (Å²) in [5, 5.41) is 0. The Labute approximate surface area is 194 Å². The molecule has 1 aliphatic heterocycles. The molecule has 4 heterocycles. The van der Waals surface area contributed by atoms with Gasteiger partial charge in [0.05, 0.1) is 31.0 Å². The van der Waals surface area contributed by atoms with Crippen LogP contribution in [0.3, 0.4) is 0 Å². The fourth-order valence-corrected chi connectivity index (χ4v) is 4.32. The molecule has 5 rings (SSSR count). The van der Waals surface area contributed by atoms with Crippen molar-refractivity contribution in [2.75, 3.05) is 31.7 Å². The molecule has 0 bridgehead atoms. The molecule has 7 nitrogen and oxygen atoms in total. The fourth-order valence-electron chi connectivity index (χ4n) is 4.32. The van der Waals surface area contributed by atoms with Crippen LogP contribution in [0.25, 0.3) is 11.0 Å². The summed E-state index contributed by atoms with van der Waals surface area (Å²) in [6.07, 6.45) is 9.43. The van der Waals surface area contributed by atoms with Crippen LogP contribution < -0.4 is 9.64 Å². The van der Waals surface area contributed by atoms with Crippen LogP contribution >= 0.6 is 0 Å². The van der Waals surface area contributed by atoms with E-state index in [2.05, 4.69) is 32.0 Å². The summed E-state index contributed by atoms with van der Waals surface area (Å²) in [5.41, 5.74) is 5.18. The number of ether oxygens (including phenoxy) is 2. The van der Waals surface area contributed by atoms with Gasteiger partial charge in [-0.15, -0.1) is 0 Å². The molecule has 0 amide bonds. The zero-order valence-electron chi connectivity index (χ0n) is 19.1. The first-order valence-electron chi connectivity index (χ1n) is 11.5. The van der Waals surface area contributed by atoms with Crippen LogP contribution in [-0.4, -0.2) is 48.0 Å². The second-order valence-corrected chi connectivity index (χ2v) is 8.59. The van der Waals surface area contributed by atoms with E-state index >= 15 is 0 Å². The van der Waals surface area contributed by atoms with E-state index in [0.29, 0.717) is 24.3 Å². The smallest absolute Gasteiger partial charge is 0.238 e. The van der Waals surface area contributed by atoms with Crippen LogP contribution in [-0.2, 0) is 17.7 Å². The van der Waals surface area contributed by atoms with Crippen molar-refractivity contribution in [1.82, 2.24) is 15.0 Å². The molecule has 2 atom stereocenters. The molecule has 7 heteroatoms. The molecule has 3 aromatic rings. The van der Waals surface area contributed by atoms with Crippen molar-refractivity contribution in [3.05, 3.63) is 65.8 Å². The highest BCUT2D eigenvalue weighted by Crippen LogP contribution is 2.40. The Morgan fingerprint density at radius 3 is 2.94 bits per heavy atom. The van der Waals surface area contributed by atoms with Crippen LogP contribution in [0, 0.1) is 11.8 Å². The van der Waals surface area contributed by atoms with E-state index in [1.54, 1.807) is 13.3 Å². The van der Waals surface area contributed by atoms with Crippen LogP contribution in [0.15, 0.2) is 59.6 Å². The Hall–Kier alpha value is -3.48. The molecule has 33 heavy (non-hydrogen) atoms. The summed E-state index contributed by atoms with van der Waals surface area (Å²) in [4.78, 5) is 20.7. The first-order chi connectivity index (χ1) is 16.2. The Morgan fingerprint density at radius 1 is 1.18 bits per heavy atom. The average molecular weight is 444 g/mol. The number of aromatic nitrogens is 3. The van der Waals surface area contributed by atoms with Crippen LogP contribution in [0.2, 0.25) is 0 Å². The Balaban J connectivity index is 1.30. The molecule has 0 radical (unpaired) electrons. The Morgan fingerprint density at radius 2 is 2.06 bits per heavy atom. The zero-order chi connectivity index (χ0) is 22.6. The SMILES string of the molecule is CC=C(C=NCC1CC1COc1nc2cccnc2cc1N1CCc2ncccc2C1)OC. The minimum atomic E-state index is 0.504. The number of anilines is 1. The van der Waals surface area contributed by atoms with Gasteiger partial charge in [0.25, 0.3) is 0 Å². The van der Waals surface area contributed by atoms with Gasteiger partial charge in [0.1, 0.15) is 11.4 Å². The lowest BCUT2D eigenvalue weighted by Crippen LogP contribution is -2.31. The van der Waals surface area contributed by atoms with Crippen molar-refractivity contribution in [2.24, 2.45) is 16.8 Å². The maximum Gasteiger partial charge on any atom is 0.238 e. The second-order valence-electron chi connectivity index (χ2n) is 8.59. The number of rotatable bonds is 8. The van der Waals surface area contributed by atoms with E-state index in [-0.39, 0.29) is 0 Å². The van der Waals surface area contributed by atoms with E-state index in [1.807, 2.05) is 43.6 Å². The van der Waals surface area contributed by atoms with Gasteiger partial charge < -0.3 is 14.4 Å². The van der Waals surface area contributed by atoms with Gasteiger partial charge in [-0.25, -0.2) is 4.98 Å². The summed E-state index contributed by atoms with van der Waals surface area (Å²) in [6.45, 7) is 5.08. The van der Waals surface area contributed by atoms with Gasteiger partial charge in [-0.3, -0.25) is 15.0 Å². The lowest BCUT2D eigenvalue weighted by Gasteiger charge is -2.31.